The van der Waals surface area contributed by atoms with Gasteiger partial charge < -0.3 is 5.32 Å². The number of nitrogens with zero attached hydrogens (tertiary/aromatic N) is 1. The summed E-state index contributed by atoms with van der Waals surface area (Å²) in [6.07, 6.45) is 3.61. The Labute approximate surface area is 104 Å². The van der Waals surface area contributed by atoms with E-state index >= 15 is 0 Å². The van der Waals surface area contributed by atoms with E-state index in [9.17, 15) is 8.78 Å². The third-order valence-electron chi connectivity index (χ3n) is 3.58. The number of pyridine rings is 1. The van der Waals surface area contributed by atoms with Crippen LogP contribution >= 0.6 is 0 Å². The number of nitrogens with one attached hydrogen (secondary N) is 1. The zero-order chi connectivity index (χ0) is 12.5. The molecule has 0 unspecified atom stereocenters. The lowest BCUT2D eigenvalue weighted by Crippen LogP contribution is -2.26. The molecule has 1 aliphatic heterocycles. The maximum atomic E-state index is 13.7. The summed E-state index contributed by atoms with van der Waals surface area (Å²) in [4.78, 5) is 4.02. The van der Waals surface area contributed by atoms with Crippen molar-refractivity contribution in [1.82, 2.24) is 10.3 Å². The molecule has 0 amide bonds. The summed E-state index contributed by atoms with van der Waals surface area (Å²) in [7, 11) is 0. The van der Waals surface area contributed by atoms with Crippen LogP contribution in [-0.2, 0) is 0 Å². The number of rotatable bonds is 1. The minimum Gasteiger partial charge on any atom is -0.317 e. The van der Waals surface area contributed by atoms with Gasteiger partial charge in [-0.25, -0.2) is 8.78 Å². The summed E-state index contributed by atoms with van der Waals surface area (Å²) < 4.78 is 27.0. The molecule has 0 aliphatic carbocycles. The fourth-order valence-corrected chi connectivity index (χ4v) is 2.69. The largest absolute Gasteiger partial charge is 0.317 e. The molecule has 1 fully saturated rings. The maximum Gasteiger partial charge on any atom is 0.152 e. The molecule has 3 rings (SSSR count). The van der Waals surface area contributed by atoms with E-state index in [2.05, 4.69) is 10.3 Å². The normalized spacial score (nSPS) is 17.2. The van der Waals surface area contributed by atoms with E-state index < -0.39 is 11.6 Å². The summed E-state index contributed by atoms with van der Waals surface area (Å²) in [5.74, 6) is -0.762. The molecule has 1 aromatic carbocycles. The molecule has 1 N–H and O–H groups in total. The van der Waals surface area contributed by atoms with Crippen molar-refractivity contribution >= 4 is 10.9 Å². The smallest absolute Gasteiger partial charge is 0.152 e. The highest BCUT2D eigenvalue weighted by Gasteiger charge is 2.19. The predicted octanol–water partition coefficient (Wildman–Crippen LogP) is 2.98. The lowest BCUT2D eigenvalue weighted by molar-refractivity contribution is 0.462. The monoisotopic (exact) mass is 248 g/mol. The zero-order valence-electron chi connectivity index (χ0n) is 9.92. The van der Waals surface area contributed by atoms with E-state index in [1.165, 1.54) is 6.07 Å². The van der Waals surface area contributed by atoms with E-state index in [-0.39, 0.29) is 5.52 Å². The first-order valence-corrected chi connectivity index (χ1v) is 6.20. The van der Waals surface area contributed by atoms with Crippen LogP contribution in [0.3, 0.4) is 0 Å². The van der Waals surface area contributed by atoms with E-state index in [0.29, 0.717) is 11.3 Å². The summed E-state index contributed by atoms with van der Waals surface area (Å²) >= 11 is 0. The predicted molar refractivity (Wildman–Crippen MR) is 66.5 cm³/mol. The molecule has 18 heavy (non-hydrogen) atoms. The van der Waals surface area contributed by atoms with Crippen molar-refractivity contribution in [3.8, 4) is 0 Å². The van der Waals surface area contributed by atoms with Crippen molar-refractivity contribution in [2.45, 2.75) is 18.8 Å². The second-order valence-corrected chi connectivity index (χ2v) is 4.71. The molecule has 2 nitrogen and oxygen atoms in total. The Morgan fingerprint density at radius 1 is 1.17 bits per heavy atom. The third-order valence-corrected chi connectivity index (χ3v) is 3.58. The minimum absolute atomic E-state index is 0.271. The van der Waals surface area contributed by atoms with Crippen molar-refractivity contribution in [3.05, 3.63) is 41.6 Å². The molecule has 1 aromatic heterocycles. The average molecular weight is 248 g/mol. The Hall–Kier alpha value is -1.55. The van der Waals surface area contributed by atoms with Gasteiger partial charge in [-0.05, 0) is 49.5 Å². The van der Waals surface area contributed by atoms with Crippen LogP contribution in [-0.4, -0.2) is 18.1 Å². The van der Waals surface area contributed by atoms with Gasteiger partial charge in [-0.2, -0.15) is 0 Å². The van der Waals surface area contributed by atoms with Gasteiger partial charge in [0.15, 0.2) is 5.82 Å². The number of hydrogen-bond donors (Lipinski definition) is 1. The highest BCUT2D eigenvalue weighted by Crippen LogP contribution is 2.31. The van der Waals surface area contributed by atoms with Gasteiger partial charge in [0.25, 0.3) is 0 Å². The minimum atomic E-state index is -0.583. The number of fused-ring (bicyclic) bond motifs is 1. The first kappa shape index (κ1) is 11.5. The second kappa shape index (κ2) is 4.61. The maximum absolute atomic E-state index is 13.7. The van der Waals surface area contributed by atoms with E-state index in [0.717, 1.165) is 37.6 Å². The molecule has 0 atom stereocenters. The van der Waals surface area contributed by atoms with Gasteiger partial charge >= 0.3 is 0 Å². The third kappa shape index (κ3) is 1.97. The number of piperidine rings is 1. The summed E-state index contributed by atoms with van der Waals surface area (Å²) in [6, 6.07) is 4.17. The van der Waals surface area contributed by atoms with Crippen LogP contribution in [0, 0.1) is 11.6 Å². The Morgan fingerprint density at radius 2 is 1.94 bits per heavy atom. The molecule has 2 heterocycles. The number of benzene rings is 1. The molecule has 0 radical (unpaired) electrons. The van der Waals surface area contributed by atoms with Gasteiger partial charge in [0, 0.05) is 17.6 Å². The van der Waals surface area contributed by atoms with Gasteiger partial charge in [-0.3, -0.25) is 4.98 Å². The van der Waals surface area contributed by atoms with Gasteiger partial charge in [0.2, 0.25) is 0 Å². The Morgan fingerprint density at radius 3 is 2.72 bits per heavy atom. The zero-order valence-corrected chi connectivity index (χ0v) is 9.92. The van der Waals surface area contributed by atoms with Crippen molar-refractivity contribution in [1.29, 1.82) is 0 Å². The SMILES string of the molecule is Fc1cc(F)c2nccc(C3CCNCC3)c2c1. The van der Waals surface area contributed by atoms with Gasteiger partial charge in [0.1, 0.15) is 11.3 Å². The fraction of sp³-hybridized carbons (Fsp3) is 0.357. The van der Waals surface area contributed by atoms with E-state index in [4.69, 9.17) is 0 Å². The van der Waals surface area contributed by atoms with Crippen LogP contribution in [0.5, 0.6) is 0 Å². The van der Waals surface area contributed by atoms with E-state index in [1.807, 2.05) is 6.07 Å². The first-order chi connectivity index (χ1) is 8.75. The molecular weight excluding hydrogens is 234 g/mol. The Balaban J connectivity index is 2.16. The molecular formula is C14H14F2N2. The van der Waals surface area contributed by atoms with Crippen molar-refractivity contribution < 1.29 is 8.78 Å². The highest BCUT2D eigenvalue weighted by atomic mass is 19.1. The van der Waals surface area contributed by atoms with Crippen molar-refractivity contribution in [3.63, 3.8) is 0 Å². The van der Waals surface area contributed by atoms with Gasteiger partial charge in [-0.15, -0.1) is 0 Å². The molecule has 4 heteroatoms. The topological polar surface area (TPSA) is 24.9 Å². The van der Waals surface area contributed by atoms with Gasteiger partial charge in [0.05, 0.1) is 0 Å². The van der Waals surface area contributed by atoms with Crippen LogP contribution in [0.1, 0.15) is 24.3 Å². The Bertz CT molecular complexity index is 577. The van der Waals surface area contributed by atoms with Crippen molar-refractivity contribution in [2.24, 2.45) is 0 Å². The van der Waals surface area contributed by atoms with Crippen LogP contribution in [0.4, 0.5) is 8.78 Å². The van der Waals surface area contributed by atoms with Crippen LogP contribution in [0.15, 0.2) is 24.4 Å². The summed E-state index contributed by atoms with van der Waals surface area (Å²) in [6.45, 7) is 1.90. The number of hydrogen-bond acceptors (Lipinski definition) is 2. The highest BCUT2D eigenvalue weighted by molar-refractivity contribution is 5.83. The van der Waals surface area contributed by atoms with Crippen LogP contribution in [0.25, 0.3) is 10.9 Å². The fourth-order valence-electron chi connectivity index (χ4n) is 2.69. The Kier molecular flexibility index (Phi) is 2.96. The lowest BCUT2D eigenvalue weighted by atomic mass is 9.88. The lowest BCUT2D eigenvalue weighted by Gasteiger charge is -2.24. The quantitative estimate of drug-likeness (QED) is 0.839. The van der Waals surface area contributed by atoms with Crippen molar-refractivity contribution in [2.75, 3.05) is 13.1 Å². The molecule has 0 spiro atoms. The second-order valence-electron chi connectivity index (χ2n) is 4.71. The van der Waals surface area contributed by atoms with Gasteiger partial charge in [-0.1, -0.05) is 0 Å². The molecule has 0 bridgehead atoms. The molecule has 94 valence electrons. The number of halogens is 2. The molecule has 1 saturated heterocycles. The summed E-state index contributed by atoms with van der Waals surface area (Å²) in [5.41, 5.74) is 1.28. The van der Waals surface area contributed by atoms with Crippen LogP contribution in [0.2, 0.25) is 0 Å². The summed E-state index contributed by atoms with van der Waals surface area (Å²) in [5, 5.41) is 3.90. The van der Waals surface area contributed by atoms with Crippen LogP contribution < -0.4 is 5.32 Å². The first-order valence-electron chi connectivity index (χ1n) is 6.20. The van der Waals surface area contributed by atoms with E-state index in [1.54, 1.807) is 6.20 Å². The molecule has 2 aromatic rings. The average Bonchev–Trinajstić information content (AvgIpc) is 2.39. The number of aromatic nitrogens is 1. The standard InChI is InChI=1S/C14H14F2N2/c15-10-7-12-11(9-1-4-17-5-2-9)3-6-18-14(12)13(16)8-10/h3,6-9,17H,1-2,4-5H2. The molecule has 0 saturated carbocycles. The molecule has 1 aliphatic rings.